The molecule has 2 aliphatic heterocycles. The van der Waals surface area contributed by atoms with Crippen molar-refractivity contribution in [2.24, 2.45) is 0 Å². The Morgan fingerprint density at radius 3 is 2.79 bits per heavy atom. The zero-order valence-electron chi connectivity index (χ0n) is 15.2. The molecule has 9 nitrogen and oxygen atoms in total. The van der Waals surface area contributed by atoms with Gasteiger partial charge in [-0.05, 0) is 37.6 Å². The van der Waals surface area contributed by atoms with Crippen LogP contribution in [-0.2, 0) is 17.9 Å². The molecule has 2 aliphatic rings. The summed E-state index contributed by atoms with van der Waals surface area (Å²) in [5.74, 6) is 0.911. The smallest absolute Gasteiger partial charge is 0.290 e. The van der Waals surface area contributed by atoms with Crippen LogP contribution in [0.3, 0.4) is 0 Å². The van der Waals surface area contributed by atoms with Crippen LogP contribution in [0.1, 0.15) is 24.0 Å². The van der Waals surface area contributed by atoms with Gasteiger partial charge in [-0.2, -0.15) is 5.10 Å². The number of anilines is 1. The summed E-state index contributed by atoms with van der Waals surface area (Å²) in [6, 6.07) is 6.09. The second kappa shape index (κ2) is 9.01. The molecule has 0 bridgehead atoms. The Bertz CT molecular complexity index is 931. The van der Waals surface area contributed by atoms with Gasteiger partial charge in [-0.1, -0.05) is 12.1 Å². The summed E-state index contributed by atoms with van der Waals surface area (Å²) in [5, 5.41) is 16.4. The van der Waals surface area contributed by atoms with E-state index in [1.165, 1.54) is 5.56 Å². The number of H-pyrrole nitrogens is 1. The molecule has 3 N–H and O–H groups in total. The van der Waals surface area contributed by atoms with E-state index in [4.69, 9.17) is 21.2 Å². The van der Waals surface area contributed by atoms with Gasteiger partial charge in [-0.3, -0.25) is 14.7 Å². The van der Waals surface area contributed by atoms with Gasteiger partial charge >= 0.3 is 0 Å². The largest absolute Gasteiger partial charge is 0.490 e. The Kier molecular flexibility index (Phi) is 6.24. The van der Waals surface area contributed by atoms with Crippen molar-refractivity contribution < 1.29 is 14.6 Å². The van der Waals surface area contributed by atoms with Crippen molar-refractivity contribution in [2.75, 3.05) is 18.0 Å². The third-order valence-corrected chi connectivity index (χ3v) is 4.78. The molecule has 2 aromatic rings. The summed E-state index contributed by atoms with van der Waals surface area (Å²) in [4.78, 5) is 25.6. The van der Waals surface area contributed by atoms with Crippen LogP contribution in [0, 0.1) is 6.57 Å². The minimum atomic E-state index is -0.449. The van der Waals surface area contributed by atoms with Crippen LogP contribution in [-0.4, -0.2) is 41.0 Å². The van der Waals surface area contributed by atoms with Crippen LogP contribution < -0.4 is 20.5 Å². The van der Waals surface area contributed by atoms with E-state index in [-0.39, 0.29) is 18.3 Å². The summed E-state index contributed by atoms with van der Waals surface area (Å²) < 4.78 is 6.25. The fraction of sp³-hybridized carbons (Fsp3) is 0.368. The molecule has 0 radical (unpaired) electrons. The maximum absolute atomic E-state index is 11.8. The summed E-state index contributed by atoms with van der Waals surface area (Å²) >= 11 is 0. The Labute approximate surface area is 161 Å². The maximum Gasteiger partial charge on any atom is 0.290 e. The van der Waals surface area contributed by atoms with Crippen molar-refractivity contribution in [2.45, 2.75) is 32.0 Å². The number of nitrogens with zero attached hydrogens (tertiary/aromatic N) is 3. The molecular weight excluding hydrogens is 362 g/mol. The maximum atomic E-state index is 11.8. The van der Waals surface area contributed by atoms with E-state index in [9.17, 15) is 4.79 Å². The molecule has 0 aliphatic carbocycles. The lowest BCUT2D eigenvalue weighted by Crippen LogP contribution is -2.34. The Morgan fingerprint density at radius 1 is 1.32 bits per heavy atom. The van der Waals surface area contributed by atoms with E-state index in [0.29, 0.717) is 18.8 Å². The first kappa shape index (κ1) is 19.4. The van der Waals surface area contributed by atoms with Crippen molar-refractivity contribution in [1.82, 2.24) is 15.5 Å². The zero-order valence-corrected chi connectivity index (χ0v) is 15.2. The fourth-order valence-corrected chi connectivity index (χ4v) is 3.49. The van der Waals surface area contributed by atoms with E-state index in [0.717, 1.165) is 37.2 Å². The molecule has 0 unspecified atom stereocenters. The van der Waals surface area contributed by atoms with Crippen molar-refractivity contribution in [3.63, 3.8) is 0 Å². The van der Waals surface area contributed by atoms with Gasteiger partial charge in [-0.25, -0.2) is 4.85 Å². The highest BCUT2D eigenvalue weighted by atomic mass is 16.5. The number of fused-ring (bicyclic) bond motifs is 1. The number of aromatic amines is 1. The Balaban J connectivity index is 0.000000706. The summed E-state index contributed by atoms with van der Waals surface area (Å²) in [7, 11) is 0. The summed E-state index contributed by atoms with van der Waals surface area (Å²) in [6.07, 6.45) is 3.80. The Morgan fingerprint density at radius 2 is 2.07 bits per heavy atom. The average molecular weight is 383 g/mol. The second-order valence-corrected chi connectivity index (χ2v) is 6.47. The monoisotopic (exact) mass is 383 g/mol. The van der Waals surface area contributed by atoms with Gasteiger partial charge in [0.05, 0.1) is 18.5 Å². The van der Waals surface area contributed by atoms with E-state index >= 15 is 0 Å². The highest BCUT2D eigenvalue weighted by molar-refractivity contribution is 5.70. The minimum absolute atomic E-state index is 0.0867. The van der Waals surface area contributed by atoms with E-state index in [2.05, 4.69) is 26.4 Å². The molecule has 9 heteroatoms. The van der Waals surface area contributed by atoms with Crippen molar-refractivity contribution >= 4 is 17.8 Å². The fourth-order valence-electron chi connectivity index (χ4n) is 3.49. The third kappa shape index (κ3) is 4.13. The number of hydrogen-bond acceptors (Lipinski definition) is 6. The number of carboxylic acid groups (broad SMARTS) is 1. The van der Waals surface area contributed by atoms with Crippen molar-refractivity contribution in [1.29, 1.82) is 0 Å². The number of ether oxygens (including phenoxy) is 1. The molecule has 0 spiro atoms. The van der Waals surface area contributed by atoms with Crippen LogP contribution in [0.15, 0.2) is 29.2 Å². The van der Waals surface area contributed by atoms with E-state index < -0.39 is 5.56 Å². The number of benzene rings is 1. The van der Waals surface area contributed by atoms with Gasteiger partial charge in [0.25, 0.3) is 17.7 Å². The SMILES string of the molecule is O=CO.[C-]#[N+]c1c(N2Cc3cccc(OC4CCNCC4)c3C2)cn[nH]c1=O. The molecule has 0 amide bonds. The second-order valence-electron chi connectivity index (χ2n) is 6.47. The number of carbonyl (C=O) groups is 1. The predicted molar refractivity (Wildman–Crippen MR) is 103 cm³/mol. The number of piperidine rings is 1. The predicted octanol–water partition coefficient (Wildman–Crippen LogP) is 1.67. The van der Waals surface area contributed by atoms with E-state index in [1.807, 2.05) is 17.0 Å². The van der Waals surface area contributed by atoms with Crippen LogP contribution >= 0.6 is 0 Å². The van der Waals surface area contributed by atoms with Gasteiger partial charge in [0, 0.05) is 18.7 Å². The normalized spacial score (nSPS) is 15.8. The van der Waals surface area contributed by atoms with Gasteiger partial charge in [0.1, 0.15) is 11.9 Å². The van der Waals surface area contributed by atoms with Crippen molar-refractivity contribution in [3.05, 3.63) is 57.3 Å². The molecule has 146 valence electrons. The van der Waals surface area contributed by atoms with Gasteiger partial charge in [0.2, 0.25) is 0 Å². The van der Waals surface area contributed by atoms with E-state index in [1.54, 1.807) is 6.20 Å². The third-order valence-electron chi connectivity index (χ3n) is 4.78. The Hall–Kier alpha value is -3.38. The number of aromatic nitrogens is 2. The number of nitrogens with one attached hydrogen (secondary N) is 2. The first-order valence-electron chi connectivity index (χ1n) is 8.94. The molecule has 1 aromatic carbocycles. The number of hydrogen-bond donors (Lipinski definition) is 3. The zero-order chi connectivity index (χ0) is 19.9. The molecule has 28 heavy (non-hydrogen) atoms. The van der Waals surface area contributed by atoms with Crippen molar-refractivity contribution in [3.8, 4) is 5.75 Å². The molecule has 1 aromatic heterocycles. The van der Waals surface area contributed by atoms with Crippen LogP contribution in [0.4, 0.5) is 11.4 Å². The molecule has 1 saturated heterocycles. The van der Waals surface area contributed by atoms with Gasteiger partial charge in [-0.15, -0.1) is 0 Å². The lowest BCUT2D eigenvalue weighted by atomic mass is 10.1. The standard InChI is InChI=1S/C18H19N5O2.CH2O2/c1-19-17-15(9-21-22-18(17)24)23-10-12-3-2-4-16(14(12)11-23)25-13-5-7-20-8-6-13;2-1-3/h2-4,9,13,20H,5-8,10-11H2,(H,22,24);1H,(H,2,3). The quantitative estimate of drug-likeness (QED) is 0.546. The first-order chi connectivity index (χ1) is 13.7. The average Bonchev–Trinajstić information content (AvgIpc) is 3.14. The molecule has 3 heterocycles. The molecule has 4 rings (SSSR count). The summed E-state index contributed by atoms with van der Waals surface area (Å²) in [5.41, 5.74) is 2.51. The minimum Gasteiger partial charge on any atom is -0.490 e. The lowest BCUT2D eigenvalue weighted by molar-refractivity contribution is -0.122. The first-order valence-corrected chi connectivity index (χ1v) is 8.94. The highest BCUT2D eigenvalue weighted by Gasteiger charge is 2.26. The lowest BCUT2D eigenvalue weighted by Gasteiger charge is -2.25. The topological polar surface area (TPSA) is 112 Å². The molecular formula is C19H21N5O4. The molecule has 0 saturated carbocycles. The van der Waals surface area contributed by atoms with Crippen LogP contribution in [0.5, 0.6) is 5.75 Å². The number of rotatable bonds is 3. The molecule has 1 fully saturated rings. The van der Waals surface area contributed by atoms with Crippen LogP contribution in [0.2, 0.25) is 0 Å². The molecule has 0 atom stereocenters. The van der Waals surface area contributed by atoms with Gasteiger partial charge in [0.15, 0.2) is 0 Å². The van der Waals surface area contributed by atoms with Crippen LogP contribution in [0.25, 0.3) is 4.85 Å². The van der Waals surface area contributed by atoms with Gasteiger partial charge < -0.3 is 20.1 Å². The highest BCUT2D eigenvalue weighted by Crippen LogP contribution is 2.37. The summed E-state index contributed by atoms with van der Waals surface area (Å²) in [6.45, 7) is 10.3.